The predicted molar refractivity (Wildman–Crippen MR) is 94.1 cm³/mol. The molecule has 0 radical (unpaired) electrons. The summed E-state index contributed by atoms with van der Waals surface area (Å²) in [6.45, 7) is -0.0347. The van der Waals surface area contributed by atoms with Gasteiger partial charge >= 0.3 is 11.9 Å². The first kappa shape index (κ1) is 16.8. The predicted octanol–water partition coefficient (Wildman–Crippen LogP) is 3.10. The lowest BCUT2D eigenvalue weighted by atomic mass is 10.2. The largest absolute Gasteiger partial charge is 0.459 e. The minimum atomic E-state index is -0.493. The zero-order chi connectivity index (χ0) is 17.5. The molecule has 0 saturated carbocycles. The van der Waals surface area contributed by atoms with Crippen LogP contribution in [0.15, 0.2) is 54.6 Å². The van der Waals surface area contributed by atoms with Gasteiger partial charge in [0.25, 0.3) is 0 Å². The van der Waals surface area contributed by atoms with E-state index in [2.05, 4.69) is 9.59 Å². The molecule has 6 nitrogen and oxygen atoms in total. The van der Waals surface area contributed by atoms with Gasteiger partial charge in [-0.25, -0.2) is 9.59 Å². The van der Waals surface area contributed by atoms with Crippen molar-refractivity contribution >= 4 is 39.8 Å². The second-order valence-corrected chi connectivity index (χ2v) is 5.73. The zero-order valence-electron chi connectivity index (χ0n) is 13.1. The van der Waals surface area contributed by atoms with E-state index in [0.29, 0.717) is 15.8 Å². The first-order valence-corrected chi connectivity index (χ1v) is 8.29. The van der Waals surface area contributed by atoms with Crippen LogP contribution in [0.25, 0.3) is 16.3 Å². The number of nitrogens with zero attached hydrogens (tertiary/aromatic N) is 2. The summed E-state index contributed by atoms with van der Waals surface area (Å²) >= 11 is 1.13. The Morgan fingerprint density at radius 1 is 1.00 bits per heavy atom. The second kappa shape index (κ2) is 8.16. The highest BCUT2D eigenvalue weighted by molar-refractivity contribution is 7.13. The van der Waals surface area contributed by atoms with Gasteiger partial charge in [0.2, 0.25) is 0 Å². The highest BCUT2D eigenvalue weighted by atomic mass is 32.1. The van der Waals surface area contributed by atoms with E-state index in [0.717, 1.165) is 17.1 Å². The van der Waals surface area contributed by atoms with Gasteiger partial charge < -0.3 is 9.47 Å². The van der Waals surface area contributed by atoms with E-state index in [1.807, 2.05) is 30.3 Å². The van der Waals surface area contributed by atoms with Crippen LogP contribution in [0, 0.1) is 0 Å². The van der Waals surface area contributed by atoms with Crippen molar-refractivity contribution in [3.05, 3.63) is 65.7 Å². The molecular formula is C18H14N2O4S. The van der Waals surface area contributed by atoms with E-state index < -0.39 is 11.9 Å². The van der Waals surface area contributed by atoms with Crippen molar-refractivity contribution in [3.8, 4) is 0 Å². The number of benzene rings is 2. The maximum Gasteiger partial charge on any atom is 0.339 e. The van der Waals surface area contributed by atoms with E-state index in [1.165, 1.54) is 6.08 Å². The summed E-state index contributed by atoms with van der Waals surface area (Å²) in [7, 11) is 0. The van der Waals surface area contributed by atoms with Gasteiger partial charge in [-0.3, -0.25) is 0 Å². The molecule has 0 bridgehead atoms. The molecule has 7 heteroatoms. The Hall–Kier alpha value is -3.06. The van der Waals surface area contributed by atoms with Crippen LogP contribution in [0.4, 0.5) is 0 Å². The normalized spacial score (nSPS) is 10.9. The molecule has 1 heterocycles. The Morgan fingerprint density at radius 2 is 1.80 bits per heavy atom. The van der Waals surface area contributed by atoms with E-state index >= 15 is 0 Å². The van der Waals surface area contributed by atoms with Gasteiger partial charge in [0.05, 0.1) is 10.3 Å². The summed E-state index contributed by atoms with van der Waals surface area (Å²) in [5.41, 5.74) is 1.96. The van der Waals surface area contributed by atoms with Crippen LogP contribution in [0.3, 0.4) is 0 Å². The third-order valence-corrected chi connectivity index (χ3v) is 4.04. The van der Waals surface area contributed by atoms with Gasteiger partial charge in [-0.2, -0.15) is 0 Å². The van der Waals surface area contributed by atoms with Crippen molar-refractivity contribution in [2.75, 3.05) is 13.2 Å². The highest BCUT2D eigenvalue weighted by Crippen LogP contribution is 2.20. The van der Waals surface area contributed by atoms with Crippen LogP contribution in [-0.2, 0) is 14.3 Å². The Balaban J connectivity index is 1.45. The Kier molecular flexibility index (Phi) is 5.48. The molecule has 0 aliphatic carbocycles. The molecule has 2 aromatic carbocycles. The fraction of sp³-hybridized carbons (Fsp3) is 0.111. The number of carbonyl (C=O) groups is 2. The maximum absolute atomic E-state index is 12.1. The fourth-order valence-electron chi connectivity index (χ4n) is 2.10. The van der Waals surface area contributed by atoms with Gasteiger partial charge in [0.1, 0.15) is 18.7 Å². The van der Waals surface area contributed by atoms with E-state index in [1.54, 1.807) is 24.3 Å². The number of rotatable bonds is 6. The van der Waals surface area contributed by atoms with Gasteiger partial charge in [-0.1, -0.05) is 40.9 Å². The maximum atomic E-state index is 12.1. The Labute approximate surface area is 147 Å². The smallest absolute Gasteiger partial charge is 0.339 e. The van der Waals surface area contributed by atoms with Gasteiger partial charge in [-0.05, 0) is 35.3 Å². The summed E-state index contributed by atoms with van der Waals surface area (Å²) in [4.78, 5) is 23.7. The molecule has 0 saturated heterocycles. The first-order chi connectivity index (χ1) is 12.2. The molecule has 3 rings (SSSR count). The molecule has 0 fully saturated rings. The molecule has 1 aromatic heterocycles. The molecule has 0 aliphatic rings. The van der Waals surface area contributed by atoms with Crippen LogP contribution in [0.5, 0.6) is 0 Å². The van der Waals surface area contributed by atoms with Gasteiger partial charge in [0, 0.05) is 6.08 Å². The van der Waals surface area contributed by atoms with Crippen LogP contribution in [-0.4, -0.2) is 34.7 Å². The quantitative estimate of drug-likeness (QED) is 0.384. The third kappa shape index (κ3) is 4.48. The van der Waals surface area contributed by atoms with E-state index in [-0.39, 0.29) is 13.2 Å². The number of carbonyl (C=O) groups excluding carboxylic acids is 2. The minimum Gasteiger partial charge on any atom is -0.459 e. The monoisotopic (exact) mass is 354 g/mol. The van der Waals surface area contributed by atoms with Crippen molar-refractivity contribution in [2.45, 2.75) is 0 Å². The standard InChI is InChI=1S/C18H14N2O4S/c21-16(10-9-13-5-2-1-3-6-13)23-11-12-24-18(22)14-7-4-8-15-17(14)25-20-19-15/h1-10H,11-12H2/b10-9+. The topological polar surface area (TPSA) is 78.4 Å². The average Bonchev–Trinajstić information content (AvgIpc) is 3.13. The lowest BCUT2D eigenvalue weighted by molar-refractivity contribution is -0.138. The Morgan fingerprint density at radius 3 is 2.64 bits per heavy atom. The van der Waals surface area contributed by atoms with Crippen LogP contribution in [0.1, 0.15) is 15.9 Å². The van der Waals surface area contributed by atoms with Gasteiger partial charge in [0.15, 0.2) is 0 Å². The SMILES string of the molecule is O=C(/C=C/c1ccccc1)OCCOC(=O)c1cccc2nnsc12. The van der Waals surface area contributed by atoms with Crippen LogP contribution >= 0.6 is 11.5 Å². The number of ether oxygens (including phenoxy) is 2. The van der Waals surface area contributed by atoms with E-state index in [4.69, 9.17) is 9.47 Å². The fourth-order valence-corrected chi connectivity index (χ4v) is 2.76. The molecule has 0 amide bonds. The van der Waals surface area contributed by atoms with Crippen molar-refractivity contribution in [1.29, 1.82) is 0 Å². The molecule has 3 aromatic rings. The highest BCUT2D eigenvalue weighted by Gasteiger charge is 2.13. The zero-order valence-corrected chi connectivity index (χ0v) is 13.9. The van der Waals surface area contributed by atoms with Crippen molar-refractivity contribution in [1.82, 2.24) is 9.59 Å². The number of esters is 2. The molecule has 0 unspecified atom stereocenters. The Bertz CT molecular complexity index is 906. The van der Waals surface area contributed by atoms with Crippen LogP contribution in [0.2, 0.25) is 0 Å². The molecule has 0 atom stereocenters. The molecule has 25 heavy (non-hydrogen) atoms. The summed E-state index contributed by atoms with van der Waals surface area (Å²) in [5.74, 6) is -0.985. The summed E-state index contributed by atoms with van der Waals surface area (Å²) in [6.07, 6.45) is 2.99. The minimum absolute atomic E-state index is 0.0133. The molecule has 126 valence electrons. The van der Waals surface area contributed by atoms with Gasteiger partial charge in [-0.15, -0.1) is 5.10 Å². The number of hydrogen-bond donors (Lipinski definition) is 0. The lowest BCUT2D eigenvalue weighted by Gasteiger charge is -2.05. The number of hydrogen-bond acceptors (Lipinski definition) is 7. The average molecular weight is 354 g/mol. The van der Waals surface area contributed by atoms with Crippen LogP contribution < -0.4 is 0 Å². The second-order valence-electron chi connectivity index (χ2n) is 4.97. The first-order valence-electron chi connectivity index (χ1n) is 7.52. The molecule has 0 N–H and O–H groups in total. The molecule has 0 aliphatic heterocycles. The third-order valence-electron chi connectivity index (χ3n) is 3.27. The summed E-state index contributed by atoms with van der Waals surface area (Å²) in [6, 6.07) is 14.5. The summed E-state index contributed by atoms with van der Waals surface area (Å²) in [5, 5.41) is 3.91. The van der Waals surface area contributed by atoms with Crippen molar-refractivity contribution < 1.29 is 19.1 Å². The summed E-state index contributed by atoms with van der Waals surface area (Å²) < 4.78 is 14.6. The molecular weight excluding hydrogens is 340 g/mol. The number of fused-ring (bicyclic) bond motifs is 1. The number of aromatic nitrogens is 2. The molecule has 0 spiro atoms. The van der Waals surface area contributed by atoms with E-state index in [9.17, 15) is 9.59 Å². The van der Waals surface area contributed by atoms with Crippen molar-refractivity contribution in [2.24, 2.45) is 0 Å². The lowest BCUT2D eigenvalue weighted by Crippen LogP contribution is -2.13. The van der Waals surface area contributed by atoms with Crippen molar-refractivity contribution in [3.63, 3.8) is 0 Å².